The maximum Gasteiger partial charge on any atom is 0.270 e. The lowest BCUT2D eigenvalue weighted by Gasteiger charge is -1.93. The summed E-state index contributed by atoms with van der Waals surface area (Å²) in [6.45, 7) is 1.49. The molecule has 1 heterocycles. The Morgan fingerprint density at radius 2 is 2.20 bits per heavy atom. The summed E-state index contributed by atoms with van der Waals surface area (Å²) in [7, 11) is 0. The van der Waals surface area contributed by atoms with Crippen molar-refractivity contribution in [1.82, 2.24) is 0 Å². The van der Waals surface area contributed by atoms with Gasteiger partial charge in [0.1, 0.15) is 0 Å². The normalized spacial score (nSPS) is 10.5. The highest BCUT2D eigenvalue weighted by Crippen LogP contribution is 2.29. The zero-order chi connectivity index (χ0) is 11.0. The van der Waals surface area contributed by atoms with E-state index < -0.39 is 4.92 Å². The predicted molar refractivity (Wildman–Crippen MR) is 58.5 cm³/mol. The lowest BCUT2D eigenvalue weighted by molar-refractivity contribution is -0.384. The van der Waals surface area contributed by atoms with Crippen LogP contribution in [0, 0.1) is 10.1 Å². The smallest absolute Gasteiger partial charge is 0.270 e. The number of benzene rings is 1. The van der Waals surface area contributed by atoms with Crippen molar-refractivity contribution < 1.29 is 9.72 Å². The topological polar surface area (TPSA) is 60.2 Å². The fraction of sp³-hybridized carbons (Fsp3) is 0.100. The Hall–Kier alpha value is -1.75. The molecule has 0 N–H and O–H groups in total. The predicted octanol–water partition coefficient (Wildman–Crippen LogP) is 3.01. The van der Waals surface area contributed by atoms with Crippen LogP contribution in [0.4, 0.5) is 5.69 Å². The second-order valence-electron chi connectivity index (χ2n) is 3.14. The van der Waals surface area contributed by atoms with Gasteiger partial charge in [0.2, 0.25) is 0 Å². The number of thiophene rings is 1. The molecule has 0 aliphatic carbocycles. The van der Waals surface area contributed by atoms with E-state index in [9.17, 15) is 14.9 Å². The number of ketones is 1. The van der Waals surface area contributed by atoms with Crippen molar-refractivity contribution in [2.75, 3.05) is 0 Å². The highest BCUT2D eigenvalue weighted by atomic mass is 32.1. The molecule has 0 spiro atoms. The van der Waals surface area contributed by atoms with Gasteiger partial charge in [-0.1, -0.05) is 0 Å². The lowest BCUT2D eigenvalue weighted by Crippen LogP contribution is -1.90. The molecule has 0 saturated carbocycles. The van der Waals surface area contributed by atoms with Gasteiger partial charge in [-0.15, -0.1) is 11.3 Å². The van der Waals surface area contributed by atoms with Crippen LogP contribution in [0.3, 0.4) is 0 Å². The number of Topliss-reactive ketones (excluding diaryl/α,β-unsaturated/α-hetero) is 1. The number of carbonyl (C=O) groups excluding carboxylic acids is 1. The molecule has 5 heteroatoms. The Kier molecular flexibility index (Phi) is 2.24. The number of fused-ring (bicyclic) bond motifs is 1. The van der Waals surface area contributed by atoms with Gasteiger partial charge in [-0.05, 0) is 13.0 Å². The quantitative estimate of drug-likeness (QED) is 0.445. The summed E-state index contributed by atoms with van der Waals surface area (Å²) in [5.74, 6) is -0.0184. The van der Waals surface area contributed by atoms with Crippen LogP contribution in [0.2, 0.25) is 0 Å². The van der Waals surface area contributed by atoms with Crippen LogP contribution in [-0.2, 0) is 0 Å². The standard InChI is InChI=1S/C10H7NO3S/c1-6(12)9-5-15-10-4-7(11(13)14)2-3-8(9)10/h2-5H,1H3. The van der Waals surface area contributed by atoms with E-state index in [0.717, 1.165) is 10.1 Å². The molecule has 0 saturated heterocycles. The summed E-state index contributed by atoms with van der Waals surface area (Å²) >= 11 is 1.35. The SMILES string of the molecule is CC(=O)c1csc2cc([N+](=O)[O-])ccc12. The summed E-state index contributed by atoms with van der Waals surface area (Å²) < 4.78 is 0.773. The summed E-state index contributed by atoms with van der Waals surface area (Å²) in [6, 6.07) is 4.54. The maximum absolute atomic E-state index is 11.2. The first-order valence-corrected chi connectivity index (χ1v) is 5.14. The Bertz CT molecular complexity index is 559. The third kappa shape index (κ3) is 1.61. The van der Waals surface area contributed by atoms with Crippen molar-refractivity contribution in [1.29, 1.82) is 0 Å². The van der Waals surface area contributed by atoms with Crippen molar-refractivity contribution in [2.24, 2.45) is 0 Å². The molecular formula is C10H7NO3S. The molecule has 0 bridgehead atoms. The van der Waals surface area contributed by atoms with Crippen LogP contribution >= 0.6 is 11.3 Å². The molecule has 76 valence electrons. The number of non-ortho nitro benzene ring substituents is 1. The molecule has 0 radical (unpaired) electrons. The molecule has 4 nitrogen and oxygen atoms in total. The molecule has 0 aliphatic heterocycles. The molecule has 1 aromatic carbocycles. The number of nitrogens with zero attached hydrogens (tertiary/aromatic N) is 1. The molecule has 2 rings (SSSR count). The van der Waals surface area contributed by atoms with Gasteiger partial charge in [-0.2, -0.15) is 0 Å². The van der Waals surface area contributed by atoms with Crippen LogP contribution < -0.4 is 0 Å². The van der Waals surface area contributed by atoms with E-state index in [1.165, 1.54) is 30.4 Å². The minimum absolute atomic E-state index is 0.0184. The highest BCUT2D eigenvalue weighted by molar-refractivity contribution is 7.17. The van der Waals surface area contributed by atoms with Gasteiger partial charge in [0.05, 0.1) is 4.92 Å². The van der Waals surface area contributed by atoms with Crippen LogP contribution in [0.15, 0.2) is 23.6 Å². The summed E-state index contributed by atoms with van der Waals surface area (Å²) in [4.78, 5) is 21.3. The van der Waals surface area contributed by atoms with Gasteiger partial charge in [0.15, 0.2) is 5.78 Å². The van der Waals surface area contributed by atoms with Crippen LogP contribution in [0.5, 0.6) is 0 Å². The van der Waals surface area contributed by atoms with Crippen molar-refractivity contribution in [3.8, 4) is 0 Å². The van der Waals surface area contributed by atoms with E-state index in [2.05, 4.69) is 0 Å². The van der Waals surface area contributed by atoms with Crippen molar-refractivity contribution in [3.05, 3.63) is 39.3 Å². The fourth-order valence-electron chi connectivity index (χ4n) is 1.40. The lowest BCUT2D eigenvalue weighted by atomic mass is 10.1. The summed E-state index contributed by atoms with van der Waals surface area (Å²) in [5, 5.41) is 13.1. The first-order chi connectivity index (χ1) is 7.09. The third-order valence-corrected chi connectivity index (χ3v) is 3.09. The van der Waals surface area contributed by atoms with Crippen LogP contribution in [-0.4, -0.2) is 10.7 Å². The Balaban J connectivity index is 2.66. The second-order valence-corrected chi connectivity index (χ2v) is 4.05. The number of nitro benzene ring substituents is 1. The van der Waals surface area contributed by atoms with E-state index in [1.54, 1.807) is 11.4 Å². The molecule has 0 atom stereocenters. The molecule has 0 aliphatic rings. The fourth-order valence-corrected chi connectivity index (χ4v) is 2.43. The summed E-state index contributed by atoms with van der Waals surface area (Å²) in [5.41, 5.74) is 0.685. The van der Waals surface area contributed by atoms with E-state index in [1.807, 2.05) is 0 Å². The first kappa shape index (κ1) is 9.79. The zero-order valence-corrected chi connectivity index (χ0v) is 8.71. The largest absolute Gasteiger partial charge is 0.294 e. The second kappa shape index (κ2) is 3.43. The molecule has 0 amide bonds. The van der Waals surface area contributed by atoms with Crippen molar-refractivity contribution in [2.45, 2.75) is 6.92 Å². The number of rotatable bonds is 2. The minimum Gasteiger partial charge on any atom is -0.294 e. The maximum atomic E-state index is 11.2. The van der Waals surface area contributed by atoms with E-state index >= 15 is 0 Å². The van der Waals surface area contributed by atoms with Gasteiger partial charge in [-0.25, -0.2) is 0 Å². The van der Waals surface area contributed by atoms with Gasteiger partial charge in [0.25, 0.3) is 5.69 Å². The Labute approximate surface area is 89.3 Å². The molecule has 2 aromatic rings. The Morgan fingerprint density at radius 3 is 2.80 bits per heavy atom. The van der Waals surface area contributed by atoms with Gasteiger partial charge >= 0.3 is 0 Å². The van der Waals surface area contributed by atoms with Gasteiger partial charge in [-0.3, -0.25) is 14.9 Å². The number of carbonyl (C=O) groups is 1. The minimum atomic E-state index is -0.438. The number of hydrogen-bond acceptors (Lipinski definition) is 4. The third-order valence-electron chi connectivity index (χ3n) is 2.15. The monoisotopic (exact) mass is 221 g/mol. The van der Waals surface area contributed by atoms with Crippen molar-refractivity contribution >= 4 is 32.9 Å². The highest BCUT2D eigenvalue weighted by Gasteiger charge is 2.12. The average molecular weight is 221 g/mol. The van der Waals surface area contributed by atoms with Crippen molar-refractivity contribution in [3.63, 3.8) is 0 Å². The molecular weight excluding hydrogens is 214 g/mol. The molecule has 0 unspecified atom stereocenters. The molecule has 15 heavy (non-hydrogen) atoms. The molecule has 1 aromatic heterocycles. The zero-order valence-electron chi connectivity index (χ0n) is 7.89. The van der Waals surface area contributed by atoms with E-state index in [0.29, 0.717) is 5.56 Å². The Morgan fingerprint density at radius 1 is 1.47 bits per heavy atom. The van der Waals surface area contributed by atoms with Crippen LogP contribution in [0.25, 0.3) is 10.1 Å². The number of nitro groups is 1. The van der Waals surface area contributed by atoms with E-state index in [-0.39, 0.29) is 11.5 Å². The summed E-state index contributed by atoms with van der Waals surface area (Å²) in [6.07, 6.45) is 0. The van der Waals surface area contributed by atoms with E-state index in [4.69, 9.17) is 0 Å². The van der Waals surface area contributed by atoms with Gasteiger partial charge in [0, 0.05) is 33.2 Å². The first-order valence-electron chi connectivity index (χ1n) is 4.26. The average Bonchev–Trinajstić information content (AvgIpc) is 2.59. The number of hydrogen-bond donors (Lipinski definition) is 0. The van der Waals surface area contributed by atoms with Crippen LogP contribution in [0.1, 0.15) is 17.3 Å². The van der Waals surface area contributed by atoms with Gasteiger partial charge < -0.3 is 0 Å². The molecule has 0 fully saturated rings.